The van der Waals surface area contributed by atoms with Crippen molar-refractivity contribution in [3.05, 3.63) is 35.1 Å². The Balaban J connectivity index is 2.40. The lowest BCUT2D eigenvalue weighted by molar-refractivity contribution is 0.0630. The predicted octanol–water partition coefficient (Wildman–Crippen LogP) is 3.52. The van der Waals surface area contributed by atoms with Crippen molar-refractivity contribution < 1.29 is 4.39 Å². The van der Waals surface area contributed by atoms with E-state index in [0.29, 0.717) is 18.0 Å². The maximum Gasteiger partial charge on any atom is 0.123 e. The van der Waals surface area contributed by atoms with Crippen molar-refractivity contribution in [3.8, 4) is 0 Å². The van der Waals surface area contributed by atoms with Crippen LogP contribution in [0.2, 0.25) is 0 Å². The van der Waals surface area contributed by atoms with Crippen LogP contribution in [0.25, 0.3) is 0 Å². The molecule has 0 radical (unpaired) electrons. The maximum absolute atomic E-state index is 13.7. The number of nitrogens with one attached hydrogen (secondary N) is 1. The van der Waals surface area contributed by atoms with E-state index in [0.717, 1.165) is 13.1 Å². The molecular formula is C17H27FN2. The van der Waals surface area contributed by atoms with Gasteiger partial charge in [-0.3, -0.25) is 4.90 Å². The number of halogens is 1. The molecular weight excluding hydrogens is 251 g/mol. The first kappa shape index (κ1) is 15.5. The first-order chi connectivity index (χ1) is 9.54. The van der Waals surface area contributed by atoms with Gasteiger partial charge in [0.2, 0.25) is 0 Å². The van der Waals surface area contributed by atoms with Crippen molar-refractivity contribution in [1.29, 1.82) is 0 Å². The van der Waals surface area contributed by atoms with E-state index < -0.39 is 0 Å². The lowest BCUT2D eigenvalue weighted by Gasteiger charge is -2.44. The van der Waals surface area contributed by atoms with Crippen molar-refractivity contribution in [3.63, 3.8) is 0 Å². The van der Waals surface area contributed by atoms with Gasteiger partial charge in [-0.05, 0) is 82.9 Å². The Morgan fingerprint density at radius 1 is 1.40 bits per heavy atom. The van der Waals surface area contributed by atoms with Crippen molar-refractivity contribution >= 4 is 0 Å². The number of benzene rings is 1. The average molecular weight is 278 g/mol. The Morgan fingerprint density at radius 2 is 2.15 bits per heavy atom. The van der Waals surface area contributed by atoms with Crippen LogP contribution in [-0.4, -0.2) is 31.1 Å². The highest BCUT2D eigenvalue weighted by molar-refractivity contribution is 5.31. The second-order valence-corrected chi connectivity index (χ2v) is 6.24. The summed E-state index contributed by atoms with van der Waals surface area (Å²) in [7, 11) is 2.00. The Labute approximate surface area is 122 Å². The minimum Gasteiger partial charge on any atom is -0.319 e. The molecule has 2 nitrogen and oxygen atoms in total. The zero-order valence-electron chi connectivity index (χ0n) is 13.1. The van der Waals surface area contributed by atoms with Gasteiger partial charge < -0.3 is 5.32 Å². The molecule has 0 bridgehead atoms. The van der Waals surface area contributed by atoms with Gasteiger partial charge in [-0.25, -0.2) is 4.39 Å². The minimum absolute atomic E-state index is 0.122. The van der Waals surface area contributed by atoms with E-state index in [2.05, 4.69) is 31.0 Å². The van der Waals surface area contributed by atoms with Gasteiger partial charge in [0.05, 0.1) is 0 Å². The molecule has 0 aromatic heterocycles. The quantitative estimate of drug-likeness (QED) is 0.906. The zero-order valence-corrected chi connectivity index (χ0v) is 13.1. The number of aryl methyl sites for hydroxylation is 1. The van der Waals surface area contributed by atoms with Gasteiger partial charge in [0.1, 0.15) is 5.82 Å². The van der Waals surface area contributed by atoms with E-state index >= 15 is 0 Å². The van der Waals surface area contributed by atoms with E-state index in [4.69, 9.17) is 0 Å². The third-order valence-corrected chi connectivity index (χ3v) is 4.48. The molecule has 1 N–H and O–H groups in total. The summed E-state index contributed by atoms with van der Waals surface area (Å²) >= 11 is 0. The van der Waals surface area contributed by atoms with Gasteiger partial charge in [-0.15, -0.1) is 0 Å². The highest BCUT2D eigenvalue weighted by Gasteiger charge is 2.34. The van der Waals surface area contributed by atoms with Gasteiger partial charge in [0.25, 0.3) is 0 Å². The number of rotatable bonds is 4. The van der Waals surface area contributed by atoms with Crippen LogP contribution in [0.3, 0.4) is 0 Å². The molecule has 1 heterocycles. The summed E-state index contributed by atoms with van der Waals surface area (Å²) in [6.07, 6.45) is 2.44. The van der Waals surface area contributed by atoms with E-state index in [1.54, 1.807) is 12.1 Å². The number of hydrogen-bond acceptors (Lipinski definition) is 2. The lowest BCUT2D eigenvalue weighted by atomic mass is 9.82. The predicted molar refractivity (Wildman–Crippen MR) is 82.4 cm³/mol. The second kappa shape index (κ2) is 6.68. The highest BCUT2D eigenvalue weighted by Crippen LogP contribution is 2.38. The number of nitrogens with zero attached hydrogens (tertiary/aromatic N) is 1. The normalized spacial score (nSPS) is 24.3. The van der Waals surface area contributed by atoms with E-state index in [9.17, 15) is 4.39 Å². The van der Waals surface area contributed by atoms with E-state index in [1.807, 2.05) is 13.1 Å². The molecule has 3 heteroatoms. The highest BCUT2D eigenvalue weighted by atomic mass is 19.1. The van der Waals surface area contributed by atoms with Crippen molar-refractivity contribution in [1.82, 2.24) is 10.2 Å². The first-order valence-electron chi connectivity index (χ1n) is 7.71. The summed E-state index contributed by atoms with van der Waals surface area (Å²) < 4.78 is 13.7. The first-order valence-corrected chi connectivity index (χ1v) is 7.71. The molecule has 2 atom stereocenters. The molecule has 1 aromatic carbocycles. The van der Waals surface area contributed by atoms with Gasteiger partial charge in [-0.1, -0.05) is 6.07 Å². The summed E-state index contributed by atoms with van der Waals surface area (Å²) in [4.78, 5) is 2.54. The van der Waals surface area contributed by atoms with Crippen molar-refractivity contribution in [2.45, 2.75) is 45.7 Å². The van der Waals surface area contributed by atoms with Gasteiger partial charge in [0.15, 0.2) is 0 Å². The van der Waals surface area contributed by atoms with Crippen LogP contribution >= 0.6 is 0 Å². The second-order valence-electron chi connectivity index (χ2n) is 6.24. The van der Waals surface area contributed by atoms with Gasteiger partial charge in [0, 0.05) is 12.1 Å². The molecule has 1 fully saturated rings. The molecule has 112 valence electrons. The van der Waals surface area contributed by atoms with Gasteiger partial charge in [-0.2, -0.15) is 0 Å². The molecule has 1 aromatic rings. The summed E-state index contributed by atoms with van der Waals surface area (Å²) in [5.41, 5.74) is 2.36. The molecule has 0 amide bonds. The summed E-state index contributed by atoms with van der Waals surface area (Å²) in [6.45, 7) is 8.67. The Bertz CT molecular complexity index is 443. The fourth-order valence-electron chi connectivity index (χ4n) is 3.52. The third kappa shape index (κ3) is 3.21. The Hall–Kier alpha value is -0.930. The molecule has 0 aliphatic carbocycles. The number of likely N-dealkylation sites (tertiary alicyclic amines) is 1. The minimum atomic E-state index is -0.122. The van der Waals surface area contributed by atoms with Crippen LogP contribution < -0.4 is 5.32 Å². The smallest absolute Gasteiger partial charge is 0.123 e. The van der Waals surface area contributed by atoms with Crippen LogP contribution in [0.15, 0.2) is 18.2 Å². The molecule has 20 heavy (non-hydrogen) atoms. The molecule has 1 aliphatic rings. The number of hydrogen-bond donors (Lipinski definition) is 1. The standard InChI is InChI=1S/C17H27FN2/c1-12(2)20-9-5-6-14(11-19-4)17(20)16-10-15(18)8-7-13(16)3/h7-8,10,12,14,17,19H,5-6,9,11H2,1-4H3. The summed E-state index contributed by atoms with van der Waals surface area (Å²) in [6, 6.07) is 6.03. The summed E-state index contributed by atoms with van der Waals surface area (Å²) in [5.74, 6) is 0.430. The van der Waals surface area contributed by atoms with E-state index in [-0.39, 0.29) is 5.82 Å². The average Bonchev–Trinajstić information content (AvgIpc) is 2.42. The summed E-state index contributed by atoms with van der Waals surface area (Å²) in [5, 5.41) is 3.31. The largest absolute Gasteiger partial charge is 0.319 e. The van der Waals surface area contributed by atoms with Gasteiger partial charge >= 0.3 is 0 Å². The number of piperidine rings is 1. The third-order valence-electron chi connectivity index (χ3n) is 4.48. The molecule has 0 saturated carbocycles. The fraction of sp³-hybridized carbons (Fsp3) is 0.647. The SMILES string of the molecule is CNCC1CCCN(C(C)C)C1c1cc(F)ccc1C. The van der Waals surface area contributed by atoms with Crippen LogP contribution in [0, 0.1) is 18.7 Å². The Kier molecular flexibility index (Phi) is 5.17. The molecule has 1 saturated heterocycles. The van der Waals surface area contributed by atoms with Crippen LogP contribution in [0.1, 0.15) is 43.9 Å². The van der Waals surface area contributed by atoms with E-state index in [1.165, 1.54) is 24.0 Å². The Morgan fingerprint density at radius 3 is 2.80 bits per heavy atom. The molecule has 2 rings (SSSR count). The lowest BCUT2D eigenvalue weighted by Crippen LogP contribution is -2.45. The molecule has 0 spiro atoms. The topological polar surface area (TPSA) is 15.3 Å². The fourth-order valence-corrected chi connectivity index (χ4v) is 3.52. The van der Waals surface area contributed by atoms with Crippen LogP contribution in [0.4, 0.5) is 4.39 Å². The molecule has 2 unspecified atom stereocenters. The zero-order chi connectivity index (χ0) is 14.7. The maximum atomic E-state index is 13.7. The van der Waals surface area contributed by atoms with Crippen LogP contribution in [0.5, 0.6) is 0 Å². The van der Waals surface area contributed by atoms with Crippen molar-refractivity contribution in [2.24, 2.45) is 5.92 Å². The van der Waals surface area contributed by atoms with Crippen molar-refractivity contribution in [2.75, 3.05) is 20.1 Å². The molecule has 1 aliphatic heterocycles. The monoisotopic (exact) mass is 278 g/mol. The van der Waals surface area contributed by atoms with Crippen LogP contribution in [-0.2, 0) is 0 Å².